The van der Waals surface area contributed by atoms with E-state index in [1.54, 1.807) is 6.21 Å². The third-order valence-corrected chi connectivity index (χ3v) is 5.24. The third kappa shape index (κ3) is 4.50. The maximum Gasteiger partial charge on any atom is 0.193 e. The second-order valence-electron chi connectivity index (χ2n) is 7.54. The molecule has 7 nitrogen and oxygen atoms in total. The molecule has 7 heteroatoms. The molecule has 0 radical (unpaired) electrons. The zero-order chi connectivity index (χ0) is 20.9. The predicted octanol–water partition coefficient (Wildman–Crippen LogP) is 3.84. The van der Waals surface area contributed by atoms with Gasteiger partial charge >= 0.3 is 0 Å². The molecule has 0 bridgehead atoms. The van der Waals surface area contributed by atoms with E-state index in [4.69, 9.17) is 0 Å². The lowest BCUT2D eigenvalue weighted by atomic mass is 10.2. The van der Waals surface area contributed by atoms with Gasteiger partial charge in [-0.15, -0.1) is 0 Å². The number of aliphatic imine (C=N–C) groups is 1. The summed E-state index contributed by atoms with van der Waals surface area (Å²) in [5.74, 6) is 0.913. The minimum Gasteiger partial charge on any atom is -0.369 e. The molecule has 2 heterocycles. The highest BCUT2D eigenvalue weighted by Crippen LogP contribution is 2.26. The van der Waals surface area contributed by atoms with Gasteiger partial charge in [0.2, 0.25) is 0 Å². The molecule has 0 spiro atoms. The monoisotopic (exact) mass is 399 g/mol. The van der Waals surface area contributed by atoms with Gasteiger partial charge in [0.15, 0.2) is 5.82 Å². The summed E-state index contributed by atoms with van der Waals surface area (Å²) in [6, 6.07) is 18.4. The minimum absolute atomic E-state index is 0.371. The number of aromatic nitrogens is 2. The summed E-state index contributed by atoms with van der Waals surface area (Å²) < 4.78 is 0. The van der Waals surface area contributed by atoms with Crippen LogP contribution < -0.4 is 10.2 Å². The lowest BCUT2D eigenvalue weighted by molar-refractivity contribution is 0.313. The van der Waals surface area contributed by atoms with Crippen LogP contribution in [0.15, 0.2) is 53.5 Å². The highest BCUT2D eigenvalue weighted by atomic mass is 15.2. The number of nitriles is 1. The maximum absolute atomic E-state index is 9.58. The van der Waals surface area contributed by atoms with Crippen molar-refractivity contribution in [1.29, 1.82) is 5.26 Å². The summed E-state index contributed by atoms with van der Waals surface area (Å²) in [5.41, 5.74) is 4.61. The van der Waals surface area contributed by atoms with Crippen molar-refractivity contribution in [3.63, 3.8) is 0 Å². The van der Waals surface area contributed by atoms with Crippen molar-refractivity contribution in [2.24, 2.45) is 4.99 Å². The number of aryl methyl sites for hydroxylation is 1. The van der Waals surface area contributed by atoms with Gasteiger partial charge in [-0.25, -0.2) is 4.99 Å². The van der Waals surface area contributed by atoms with Gasteiger partial charge in [0, 0.05) is 43.8 Å². The van der Waals surface area contributed by atoms with Crippen LogP contribution in [0.25, 0.3) is 0 Å². The van der Waals surface area contributed by atoms with E-state index in [0.29, 0.717) is 17.2 Å². The third-order valence-electron chi connectivity index (χ3n) is 5.24. The molecule has 1 aliphatic rings. The number of nitrogens with one attached hydrogen (secondary N) is 2. The van der Waals surface area contributed by atoms with E-state index in [1.807, 2.05) is 43.3 Å². The van der Waals surface area contributed by atoms with Crippen molar-refractivity contribution in [3.05, 3.63) is 65.2 Å². The summed E-state index contributed by atoms with van der Waals surface area (Å²) in [4.78, 5) is 9.17. The minimum atomic E-state index is 0.371. The average Bonchev–Trinajstić information content (AvgIpc) is 3.14. The van der Waals surface area contributed by atoms with Crippen LogP contribution in [-0.2, 0) is 0 Å². The molecule has 4 rings (SSSR count). The summed E-state index contributed by atoms with van der Waals surface area (Å²) in [6.07, 6.45) is 1.74. The standard InChI is InChI=1S/C23H25N7/c1-17-4-3-5-19(14-17)26-23-21(15-24)22(27-28-23)25-16-18-6-8-20(9-7-18)30-12-10-29(2)11-13-30/h3-9,14,16H,10-13H2,1-2H3,(H2,26,27,28). The van der Waals surface area contributed by atoms with Crippen molar-refractivity contribution in [2.75, 3.05) is 43.4 Å². The number of H-pyrrole nitrogens is 1. The number of hydrogen-bond donors (Lipinski definition) is 2. The van der Waals surface area contributed by atoms with Gasteiger partial charge in [-0.2, -0.15) is 10.4 Å². The summed E-state index contributed by atoms with van der Waals surface area (Å²) >= 11 is 0. The lowest BCUT2D eigenvalue weighted by Gasteiger charge is -2.34. The molecule has 0 saturated carbocycles. The second-order valence-corrected chi connectivity index (χ2v) is 7.54. The Morgan fingerprint density at radius 2 is 1.90 bits per heavy atom. The smallest absolute Gasteiger partial charge is 0.193 e. The molecular formula is C23H25N7. The Kier molecular flexibility index (Phi) is 5.77. The van der Waals surface area contributed by atoms with Crippen LogP contribution in [0.4, 0.5) is 23.0 Å². The van der Waals surface area contributed by atoms with E-state index >= 15 is 0 Å². The molecule has 3 aromatic rings. The highest BCUT2D eigenvalue weighted by molar-refractivity contribution is 5.83. The number of rotatable bonds is 5. The lowest BCUT2D eigenvalue weighted by Crippen LogP contribution is -2.44. The first-order valence-corrected chi connectivity index (χ1v) is 10.0. The molecule has 1 aromatic heterocycles. The van der Waals surface area contributed by atoms with Crippen molar-refractivity contribution in [3.8, 4) is 6.07 Å². The molecule has 1 fully saturated rings. The fourth-order valence-corrected chi connectivity index (χ4v) is 3.46. The molecule has 0 aliphatic carbocycles. The largest absolute Gasteiger partial charge is 0.369 e. The first kappa shape index (κ1) is 19.7. The van der Waals surface area contributed by atoms with E-state index in [0.717, 1.165) is 43.0 Å². The number of piperazine rings is 1. The van der Waals surface area contributed by atoms with E-state index in [9.17, 15) is 5.26 Å². The zero-order valence-corrected chi connectivity index (χ0v) is 17.3. The van der Waals surface area contributed by atoms with Crippen molar-refractivity contribution < 1.29 is 0 Å². The van der Waals surface area contributed by atoms with Crippen LogP contribution in [-0.4, -0.2) is 54.5 Å². The van der Waals surface area contributed by atoms with E-state index in [1.165, 1.54) is 5.69 Å². The maximum atomic E-state index is 9.58. The Morgan fingerprint density at radius 1 is 1.13 bits per heavy atom. The predicted molar refractivity (Wildman–Crippen MR) is 121 cm³/mol. The fraction of sp³-hybridized carbons (Fsp3) is 0.261. The Labute approximate surface area is 176 Å². The van der Waals surface area contributed by atoms with Crippen LogP contribution >= 0.6 is 0 Å². The van der Waals surface area contributed by atoms with Crippen LogP contribution in [0.5, 0.6) is 0 Å². The van der Waals surface area contributed by atoms with E-state index in [-0.39, 0.29) is 0 Å². The molecule has 0 atom stereocenters. The molecule has 0 amide bonds. The van der Waals surface area contributed by atoms with Gasteiger partial charge in [-0.3, -0.25) is 5.10 Å². The first-order chi connectivity index (χ1) is 14.6. The first-order valence-electron chi connectivity index (χ1n) is 10.0. The Bertz CT molecular complexity index is 1070. The van der Waals surface area contributed by atoms with Gasteiger partial charge in [-0.05, 0) is 49.4 Å². The Hall–Kier alpha value is -3.63. The van der Waals surface area contributed by atoms with Crippen LogP contribution in [0.3, 0.4) is 0 Å². The number of likely N-dealkylation sites (N-methyl/N-ethyl adjacent to an activating group) is 1. The van der Waals surface area contributed by atoms with Gasteiger partial charge in [0.25, 0.3) is 0 Å². The Balaban J connectivity index is 1.46. The normalized spacial score (nSPS) is 14.8. The number of hydrogen-bond acceptors (Lipinski definition) is 6. The number of benzene rings is 2. The summed E-state index contributed by atoms with van der Waals surface area (Å²) in [7, 11) is 2.16. The average molecular weight is 400 g/mol. The van der Waals surface area contributed by atoms with Gasteiger partial charge in [-0.1, -0.05) is 24.3 Å². The quantitative estimate of drug-likeness (QED) is 0.637. The fourth-order valence-electron chi connectivity index (χ4n) is 3.46. The molecule has 0 unspecified atom stereocenters. The van der Waals surface area contributed by atoms with Crippen LogP contribution in [0, 0.1) is 18.3 Å². The number of nitrogens with zero attached hydrogens (tertiary/aromatic N) is 5. The molecule has 2 N–H and O–H groups in total. The van der Waals surface area contributed by atoms with Gasteiger partial charge in [0.1, 0.15) is 17.5 Å². The zero-order valence-electron chi connectivity index (χ0n) is 17.3. The molecule has 152 valence electrons. The summed E-state index contributed by atoms with van der Waals surface area (Å²) in [6.45, 7) is 6.27. The molecule has 1 aliphatic heterocycles. The van der Waals surface area contributed by atoms with Crippen LogP contribution in [0.1, 0.15) is 16.7 Å². The second kappa shape index (κ2) is 8.80. The molecule has 2 aromatic carbocycles. The van der Waals surface area contributed by atoms with Crippen molar-refractivity contribution >= 4 is 29.2 Å². The Morgan fingerprint density at radius 3 is 2.60 bits per heavy atom. The SMILES string of the molecule is Cc1cccc(Nc2[nH]nc(N=Cc3ccc(N4CCN(C)CC4)cc3)c2C#N)c1. The van der Waals surface area contributed by atoms with E-state index in [2.05, 4.69) is 55.6 Å². The van der Waals surface area contributed by atoms with Crippen molar-refractivity contribution in [1.82, 2.24) is 15.1 Å². The summed E-state index contributed by atoms with van der Waals surface area (Å²) in [5, 5.41) is 19.9. The van der Waals surface area contributed by atoms with Crippen molar-refractivity contribution in [2.45, 2.75) is 6.92 Å². The van der Waals surface area contributed by atoms with E-state index < -0.39 is 0 Å². The number of aromatic amines is 1. The van der Waals surface area contributed by atoms with Gasteiger partial charge in [0.05, 0.1) is 0 Å². The molecule has 30 heavy (non-hydrogen) atoms. The highest BCUT2D eigenvalue weighted by Gasteiger charge is 2.14. The topological polar surface area (TPSA) is 83.3 Å². The molecular weight excluding hydrogens is 374 g/mol. The number of anilines is 3. The van der Waals surface area contributed by atoms with Crippen LogP contribution in [0.2, 0.25) is 0 Å². The molecule has 1 saturated heterocycles. The van der Waals surface area contributed by atoms with Gasteiger partial charge < -0.3 is 15.1 Å².